The number of rotatable bonds is 4. The number of oxazole rings is 1. The summed E-state index contributed by atoms with van der Waals surface area (Å²) in [6, 6.07) is 23.0. The Balaban J connectivity index is 1.10. The predicted octanol–water partition coefficient (Wildman–Crippen LogP) is 8.82. The molecule has 4 amide bonds. The topological polar surface area (TPSA) is 121 Å². The third-order valence-electron chi connectivity index (χ3n) is 12.1. The van der Waals surface area contributed by atoms with E-state index in [9.17, 15) is 37.5 Å². The number of halogens is 7. The van der Waals surface area contributed by atoms with E-state index in [2.05, 4.69) is 4.98 Å². The van der Waals surface area contributed by atoms with Gasteiger partial charge in [-0.05, 0) is 60.5 Å². The number of nitrogens with zero attached hydrogens (tertiary/aromatic N) is 3. The first kappa shape index (κ1) is 37.2. The Morgan fingerprint density at radius 2 is 1.39 bits per heavy atom. The van der Waals surface area contributed by atoms with Crippen molar-refractivity contribution in [3.63, 3.8) is 0 Å². The molecule has 1 saturated carbocycles. The number of phenolic OH excluding ortho intramolecular Hbond substituents is 1. The maximum Gasteiger partial charge on any atom is 0.258 e. The highest BCUT2D eigenvalue weighted by Crippen LogP contribution is 2.67. The van der Waals surface area contributed by atoms with Crippen LogP contribution in [0.4, 0.5) is 33.3 Å². The Labute approximate surface area is 339 Å². The third kappa shape index (κ3) is 4.81. The van der Waals surface area contributed by atoms with Crippen molar-refractivity contribution in [1.29, 1.82) is 0 Å². The number of aromatic nitrogens is 1. The van der Waals surface area contributed by atoms with Crippen LogP contribution in [-0.2, 0) is 19.2 Å². The summed E-state index contributed by atoms with van der Waals surface area (Å²) >= 11 is 14.5. The van der Waals surface area contributed by atoms with Gasteiger partial charge in [0, 0.05) is 22.4 Å². The van der Waals surface area contributed by atoms with Gasteiger partial charge in [-0.2, -0.15) is 0 Å². The predicted molar refractivity (Wildman–Crippen MR) is 204 cm³/mol. The quantitative estimate of drug-likeness (QED) is 0.0471. The van der Waals surface area contributed by atoms with Gasteiger partial charge in [0.05, 0.1) is 17.5 Å². The number of allylic oxidation sites excluding steroid dienone is 2. The summed E-state index contributed by atoms with van der Waals surface area (Å²) in [4.78, 5) is 57.7. The minimum absolute atomic E-state index is 0.0743. The highest BCUT2D eigenvalue weighted by Gasteiger charge is 2.77. The number of imide groups is 2. The van der Waals surface area contributed by atoms with Gasteiger partial charge in [0.2, 0.25) is 23.5 Å². The number of carbonyl (C=O) groups excluding carboxylic acids is 4. The lowest BCUT2D eigenvalue weighted by molar-refractivity contribution is -0.125. The Kier molecular flexibility index (Phi) is 7.99. The number of hydrogen-bond donors (Lipinski definition) is 1. The summed E-state index contributed by atoms with van der Waals surface area (Å²) in [6.07, 6.45) is 0.806. The highest BCUT2D eigenvalue weighted by atomic mass is 35.5. The Bertz CT molecular complexity index is 2880. The zero-order valence-electron chi connectivity index (χ0n) is 29.9. The van der Waals surface area contributed by atoms with E-state index in [1.54, 1.807) is 66.7 Å². The van der Waals surface area contributed by atoms with Crippen molar-refractivity contribution in [2.45, 2.75) is 28.5 Å². The Morgan fingerprint density at radius 1 is 0.729 bits per heavy atom. The summed E-state index contributed by atoms with van der Waals surface area (Å²) < 4.78 is 80.1. The minimum atomic E-state index is -2.78. The van der Waals surface area contributed by atoms with E-state index in [0.29, 0.717) is 27.9 Å². The molecule has 0 spiro atoms. The number of amides is 4. The van der Waals surface area contributed by atoms with Crippen LogP contribution in [0.1, 0.15) is 24.3 Å². The van der Waals surface area contributed by atoms with Gasteiger partial charge in [-0.15, -0.1) is 23.2 Å². The monoisotopic (exact) mass is 843 g/mol. The molecule has 296 valence electrons. The van der Waals surface area contributed by atoms with Crippen molar-refractivity contribution in [3.05, 3.63) is 131 Å². The van der Waals surface area contributed by atoms with Crippen molar-refractivity contribution in [2.75, 3.05) is 9.80 Å². The van der Waals surface area contributed by atoms with Gasteiger partial charge in [0.25, 0.3) is 11.8 Å². The Hall–Kier alpha value is -6.12. The van der Waals surface area contributed by atoms with Crippen LogP contribution in [0.15, 0.2) is 101 Å². The number of aromatic hydroxyl groups is 1. The molecule has 2 aliphatic heterocycles. The summed E-state index contributed by atoms with van der Waals surface area (Å²) in [5.74, 6) is -22.1. The number of phenols is 1. The summed E-state index contributed by atoms with van der Waals surface area (Å²) in [5, 5.41) is 12.6. The first-order valence-electron chi connectivity index (χ1n) is 18.2. The number of hydrogen-bond acceptors (Lipinski definition) is 7. The lowest BCUT2D eigenvalue weighted by atomic mass is 9.56. The van der Waals surface area contributed by atoms with Crippen LogP contribution in [-0.4, -0.2) is 43.5 Å². The fourth-order valence-corrected chi connectivity index (χ4v) is 10.3. The van der Waals surface area contributed by atoms with E-state index in [-0.39, 0.29) is 33.5 Å². The van der Waals surface area contributed by atoms with E-state index in [4.69, 9.17) is 27.6 Å². The molecule has 3 fully saturated rings. The molecule has 3 heterocycles. The largest absolute Gasteiger partial charge is 0.507 e. The second-order valence-electron chi connectivity index (χ2n) is 15.0. The normalized spacial score (nSPS) is 26.5. The molecule has 2 aliphatic carbocycles. The second-order valence-corrected chi connectivity index (χ2v) is 16.2. The van der Waals surface area contributed by atoms with Gasteiger partial charge >= 0.3 is 0 Å². The molecule has 6 atom stereocenters. The van der Waals surface area contributed by atoms with Gasteiger partial charge in [-0.1, -0.05) is 60.2 Å². The van der Waals surface area contributed by atoms with Gasteiger partial charge in [0.15, 0.2) is 38.6 Å². The van der Waals surface area contributed by atoms with E-state index in [1.807, 2.05) is 6.07 Å². The van der Waals surface area contributed by atoms with E-state index in [0.717, 1.165) is 4.90 Å². The maximum absolute atomic E-state index is 15.4. The van der Waals surface area contributed by atoms with Crippen molar-refractivity contribution in [2.24, 2.45) is 17.8 Å². The highest BCUT2D eigenvalue weighted by molar-refractivity contribution is 6.58. The molecule has 6 aromatic rings. The fraction of sp³-hybridized carbons (Fsp3) is 0.186. The minimum Gasteiger partial charge on any atom is -0.507 e. The number of para-hydroxylation sites is 2. The SMILES string of the molecule is O=C1C2CC=C3C(CC4(Cl)C(=O)N(c5c(F)c(F)c(F)c(F)c5F)C(=O)C4(Cl)C3c3ccc4ccccc4c3O)C2C(=O)N1c1ccc(-c2nc3ccccc3o2)cc1. The molecule has 9 nitrogen and oxygen atoms in total. The number of benzene rings is 5. The average Bonchev–Trinajstić information content (AvgIpc) is 3.83. The molecule has 6 unspecified atom stereocenters. The van der Waals surface area contributed by atoms with Crippen molar-refractivity contribution in [3.8, 4) is 17.2 Å². The first-order valence-corrected chi connectivity index (χ1v) is 19.0. The van der Waals surface area contributed by atoms with Gasteiger partial charge < -0.3 is 9.52 Å². The molecule has 0 radical (unpaired) electrons. The zero-order valence-corrected chi connectivity index (χ0v) is 31.4. The van der Waals surface area contributed by atoms with E-state index < -0.39 is 104 Å². The van der Waals surface area contributed by atoms with Crippen molar-refractivity contribution in [1.82, 2.24) is 4.98 Å². The van der Waals surface area contributed by atoms with Crippen molar-refractivity contribution < 1.29 is 50.7 Å². The van der Waals surface area contributed by atoms with Crippen LogP contribution < -0.4 is 9.80 Å². The van der Waals surface area contributed by atoms with Crippen LogP contribution in [0.5, 0.6) is 5.75 Å². The standard InChI is InChI=1S/C43H24Cl2F5N3O6/c44-42-17-25-22(15-16-23-28(25)39(56)52(38(23)55)20-12-9-19(10-13-20)37-51-26-7-3-4-8-27(26)59-37)29(24-14-11-18-5-1-2-6-21(18)36(24)54)43(42,45)41(58)53(40(42)57)35-33(49)31(47)30(46)32(48)34(35)50/h1-15,23,25,28-29,54H,16-17H2. The molecular weight excluding hydrogens is 820 g/mol. The smallest absolute Gasteiger partial charge is 0.258 e. The van der Waals surface area contributed by atoms with E-state index in [1.165, 1.54) is 18.2 Å². The van der Waals surface area contributed by atoms with E-state index >= 15 is 8.78 Å². The Morgan fingerprint density at radius 3 is 2.10 bits per heavy atom. The number of anilines is 2. The summed E-state index contributed by atoms with van der Waals surface area (Å²) in [6.45, 7) is 0. The van der Waals surface area contributed by atoms with Crippen LogP contribution in [0.25, 0.3) is 33.3 Å². The molecule has 10 rings (SSSR count). The maximum atomic E-state index is 15.4. The molecule has 0 bridgehead atoms. The average molecular weight is 845 g/mol. The molecule has 2 saturated heterocycles. The number of fused-ring (bicyclic) bond motifs is 6. The summed E-state index contributed by atoms with van der Waals surface area (Å²) in [7, 11) is 0. The van der Waals surface area contributed by atoms with Crippen molar-refractivity contribution >= 4 is 80.1 Å². The molecule has 16 heteroatoms. The molecule has 4 aliphatic rings. The fourth-order valence-electron chi connectivity index (χ4n) is 9.42. The third-order valence-corrected chi connectivity index (χ3v) is 13.5. The van der Waals surface area contributed by atoms with Gasteiger partial charge in [-0.3, -0.25) is 24.1 Å². The second kappa shape index (κ2) is 12.7. The lowest BCUT2D eigenvalue weighted by Crippen LogP contribution is -2.60. The number of alkyl halides is 2. The molecule has 5 aromatic carbocycles. The summed E-state index contributed by atoms with van der Waals surface area (Å²) in [5.41, 5.74) is 0.180. The molecule has 1 aromatic heterocycles. The van der Waals surface area contributed by atoms with Crippen LogP contribution in [0.3, 0.4) is 0 Å². The zero-order chi connectivity index (χ0) is 41.4. The molecule has 1 N–H and O–H groups in total. The number of carbonyl (C=O) groups is 4. The van der Waals surface area contributed by atoms with Gasteiger partial charge in [0.1, 0.15) is 17.0 Å². The lowest BCUT2D eigenvalue weighted by Gasteiger charge is -2.50. The first-order chi connectivity index (χ1) is 28.2. The molecular formula is C43H24Cl2F5N3O6. The van der Waals surface area contributed by atoms with Gasteiger partial charge in [-0.25, -0.2) is 31.8 Å². The van der Waals surface area contributed by atoms with Crippen LogP contribution in [0, 0.1) is 46.8 Å². The molecule has 59 heavy (non-hydrogen) atoms. The van der Waals surface area contributed by atoms with Crippen LogP contribution >= 0.6 is 23.2 Å². The van der Waals surface area contributed by atoms with Crippen LogP contribution in [0.2, 0.25) is 0 Å².